The van der Waals surface area contributed by atoms with E-state index in [2.05, 4.69) is 78.1 Å². The predicted octanol–water partition coefficient (Wildman–Crippen LogP) is 4.85. The van der Waals surface area contributed by atoms with Gasteiger partial charge < -0.3 is 45.0 Å². The number of methoxy groups -OCH3 is 2. The Morgan fingerprint density at radius 3 is 2.39 bits per heavy atom. The van der Waals surface area contributed by atoms with Crippen LogP contribution in [0.15, 0.2) is 60.8 Å². The van der Waals surface area contributed by atoms with Gasteiger partial charge in [0.2, 0.25) is 11.8 Å². The average molecular weight is 739 g/mol. The number of hydrogen-bond donors (Lipinski definition) is 5. The molecule has 5 aromatic rings. The highest BCUT2D eigenvalue weighted by Gasteiger charge is 2.36. The number of imidazole rings is 2. The van der Waals surface area contributed by atoms with Crippen LogP contribution < -0.4 is 16.0 Å². The number of alkyl carbamates (subject to hydrolysis) is 2. The maximum atomic E-state index is 13.7. The van der Waals surface area contributed by atoms with Gasteiger partial charge in [0.15, 0.2) is 0 Å². The predicted molar refractivity (Wildman–Crippen MR) is 202 cm³/mol. The molecule has 2 unspecified atom stereocenters. The Bertz CT molecular complexity index is 2130. The first-order chi connectivity index (χ1) is 26.1. The smallest absolute Gasteiger partial charge is 0.407 e. The highest BCUT2D eigenvalue weighted by atomic mass is 16.5. The van der Waals surface area contributed by atoms with Gasteiger partial charge in [0.05, 0.1) is 56.9 Å². The molecular formula is C39H46N8O7. The number of aromatic nitrogens is 4. The quantitative estimate of drug-likeness (QED) is 0.105. The summed E-state index contributed by atoms with van der Waals surface area (Å²) in [5.41, 5.74) is 5.67. The fourth-order valence-electron chi connectivity index (χ4n) is 6.50. The van der Waals surface area contributed by atoms with Crippen molar-refractivity contribution in [3.8, 4) is 22.4 Å². The first kappa shape index (κ1) is 37.8. The van der Waals surface area contributed by atoms with Crippen molar-refractivity contribution >= 4 is 45.8 Å². The third-order valence-electron chi connectivity index (χ3n) is 9.47. The summed E-state index contributed by atoms with van der Waals surface area (Å²) < 4.78 is 15.0. The number of aromatic amines is 2. The molecule has 15 nitrogen and oxygen atoms in total. The van der Waals surface area contributed by atoms with Gasteiger partial charge >= 0.3 is 12.2 Å². The molecule has 54 heavy (non-hydrogen) atoms. The molecule has 284 valence electrons. The molecule has 0 bridgehead atoms. The van der Waals surface area contributed by atoms with Crippen LogP contribution in [-0.4, -0.2) is 102 Å². The lowest BCUT2D eigenvalue weighted by molar-refractivity contribution is -0.143. The van der Waals surface area contributed by atoms with E-state index in [0.29, 0.717) is 25.5 Å². The number of aryl methyl sites for hydroxylation is 1. The molecule has 1 aliphatic rings. The van der Waals surface area contributed by atoms with Gasteiger partial charge in [-0.25, -0.2) is 19.6 Å². The summed E-state index contributed by atoms with van der Waals surface area (Å²) in [4.78, 5) is 66.5. The van der Waals surface area contributed by atoms with Crippen LogP contribution in [0.4, 0.5) is 9.59 Å². The molecule has 3 aromatic carbocycles. The second kappa shape index (κ2) is 17.2. The molecule has 4 amide bonds. The van der Waals surface area contributed by atoms with Gasteiger partial charge in [0.25, 0.3) is 0 Å². The van der Waals surface area contributed by atoms with Crippen molar-refractivity contribution < 1.29 is 33.4 Å². The van der Waals surface area contributed by atoms with Gasteiger partial charge in [0, 0.05) is 25.1 Å². The zero-order valence-electron chi connectivity index (χ0n) is 30.9. The lowest BCUT2D eigenvalue weighted by Crippen LogP contribution is -2.54. The molecule has 0 radical (unpaired) electrons. The van der Waals surface area contributed by atoms with Crippen molar-refractivity contribution in [2.45, 2.75) is 45.2 Å². The number of hydrogen-bond acceptors (Lipinski definition) is 9. The SMILES string of the molecule is COC(=O)NCC(=O)NCCCCc1ncc(-c2ccc3cc(-c4ccc5nc(C6COCCN6C(=O)C(NC(=O)OC)C(C)C)[nH]c5c4)ccc3c2)[nH]1. The number of carbonyl (C=O) groups excluding carboxylic acids is 4. The summed E-state index contributed by atoms with van der Waals surface area (Å²) in [6.07, 6.45) is 2.91. The van der Waals surface area contributed by atoms with E-state index >= 15 is 0 Å². The van der Waals surface area contributed by atoms with Crippen LogP contribution >= 0.6 is 0 Å². The second-order valence-electron chi connectivity index (χ2n) is 13.5. The Kier molecular flexibility index (Phi) is 12.1. The summed E-state index contributed by atoms with van der Waals surface area (Å²) in [6, 6.07) is 17.6. The first-order valence-corrected chi connectivity index (χ1v) is 18.0. The number of morpholine rings is 1. The Labute approximate surface area is 312 Å². The normalized spacial score (nSPS) is 14.9. The monoisotopic (exact) mass is 738 g/mol. The number of benzene rings is 3. The van der Waals surface area contributed by atoms with E-state index in [1.165, 1.54) is 14.2 Å². The van der Waals surface area contributed by atoms with Crippen LogP contribution in [0.5, 0.6) is 0 Å². The van der Waals surface area contributed by atoms with E-state index < -0.39 is 24.3 Å². The second-order valence-corrected chi connectivity index (χ2v) is 13.5. The van der Waals surface area contributed by atoms with Crippen molar-refractivity contribution in [2.75, 3.05) is 47.1 Å². The van der Waals surface area contributed by atoms with Gasteiger partial charge in [-0.15, -0.1) is 0 Å². The first-order valence-electron chi connectivity index (χ1n) is 18.0. The molecule has 0 spiro atoms. The molecule has 6 rings (SSSR count). The number of fused-ring (bicyclic) bond motifs is 2. The minimum atomic E-state index is -0.746. The van der Waals surface area contributed by atoms with E-state index in [0.717, 1.165) is 69.3 Å². The summed E-state index contributed by atoms with van der Waals surface area (Å²) in [7, 11) is 2.53. The maximum absolute atomic E-state index is 13.7. The number of unbranched alkanes of at least 4 members (excludes halogenated alkanes) is 1. The minimum absolute atomic E-state index is 0.120. The van der Waals surface area contributed by atoms with Crippen LogP contribution in [-0.2, 0) is 30.2 Å². The molecular weight excluding hydrogens is 692 g/mol. The molecule has 5 N–H and O–H groups in total. The zero-order chi connectivity index (χ0) is 38.2. The molecule has 2 aromatic heterocycles. The Hall–Kier alpha value is -5.96. The number of nitrogens with zero attached hydrogens (tertiary/aromatic N) is 3. The highest BCUT2D eigenvalue weighted by molar-refractivity contribution is 5.92. The number of H-pyrrole nitrogens is 2. The van der Waals surface area contributed by atoms with Gasteiger partial charge in [0.1, 0.15) is 23.7 Å². The third kappa shape index (κ3) is 8.97. The number of carbonyl (C=O) groups is 4. The fourth-order valence-corrected chi connectivity index (χ4v) is 6.50. The van der Waals surface area contributed by atoms with Crippen LogP contribution in [0.1, 0.15) is 44.4 Å². The van der Waals surface area contributed by atoms with E-state index in [-0.39, 0.29) is 30.9 Å². The van der Waals surface area contributed by atoms with Crippen LogP contribution in [0.25, 0.3) is 44.2 Å². The van der Waals surface area contributed by atoms with Crippen molar-refractivity contribution in [3.05, 3.63) is 72.4 Å². The summed E-state index contributed by atoms with van der Waals surface area (Å²) >= 11 is 0. The van der Waals surface area contributed by atoms with Crippen molar-refractivity contribution in [2.24, 2.45) is 5.92 Å². The minimum Gasteiger partial charge on any atom is -0.453 e. The molecule has 3 heterocycles. The molecule has 0 saturated carbocycles. The fraction of sp³-hybridized carbons (Fsp3) is 0.385. The Balaban J connectivity index is 1.10. The van der Waals surface area contributed by atoms with Crippen molar-refractivity contribution in [1.82, 2.24) is 40.8 Å². The van der Waals surface area contributed by atoms with Crippen molar-refractivity contribution in [1.29, 1.82) is 0 Å². The van der Waals surface area contributed by atoms with Gasteiger partial charge in [-0.2, -0.15) is 0 Å². The van der Waals surface area contributed by atoms with E-state index in [1.54, 1.807) is 4.90 Å². The van der Waals surface area contributed by atoms with Gasteiger partial charge in [-0.05, 0) is 64.9 Å². The third-order valence-corrected chi connectivity index (χ3v) is 9.47. The number of rotatable bonds is 13. The zero-order valence-corrected chi connectivity index (χ0v) is 30.9. The molecule has 1 saturated heterocycles. The standard InChI is InChI=1S/C39H46N8O7/c1-23(2)35(46-39(51)53-4)37(49)47-15-16-54-22-32(47)36-44-29-13-12-27(19-30(29)45-36)25-8-9-26-18-28(11-10-24(26)17-25)31-20-41-33(43-31)7-5-6-14-40-34(48)21-42-38(50)52-3/h8-13,17-20,23,32,35H,5-7,14-16,21-22H2,1-4H3,(H,40,48)(H,41,43)(H,42,50)(H,44,45)(H,46,51). The molecule has 2 atom stereocenters. The molecule has 1 fully saturated rings. The molecule has 15 heteroatoms. The summed E-state index contributed by atoms with van der Waals surface area (Å²) in [6.45, 7) is 5.21. The number of ether oxygens (including phenoxy) is 3. The molecule has 0 aliphatic carbocycles. The molecule has 1 aliphatic heterocycles. The van der Waals surface area contributed by atoms with Crippen molar-refractivity contribution in [3.63, 3.8) is 0 Å². The summed E-state index contributed by atoms with van der Waals surface area (Å²) in [5.74, 6) is 0.882. The summed E-state index contributed by atoms with van der Waals surface area (Å²) in [5, 5.41) is 10.0. The topological polar surface area (TPSA) is 193 Å². The highest BCUT2D eigenvalue weighted by Crippen LogP contribution is 2.31. The Morgan fingerprint density at radius 1 is 0.907 bits per heavy atom. The number of amides is 4. The lowest BCUT2D eigenvalue weighted by atomic mass is 9.99. The van der Waals surface area contributed by atoms with E-state index in [4.69, 9.17) is 14.5 Å². The van der Waals surface area contributed by atoms with E-state index in [1.807, 2.05) is 32.2 Å². The lowest BCUT2D eigenvalue weighted by Gasteiger charge is -2.37. The van der Waals surface area contributed by atoms with Crippen LogP contribution in [0, 0.1) is 5.92 Å². The van der Waals surface area contributed by atoms with Crippen LogP contribution in [0.3, 0.4) is 0 Å². The van der Waals surface area contributed by atoms with Crippen LogP contribution in [0.2, 0.25) is 0 Å². The average Bonchev–Trinajstić information content (AvgIpc) is 3.85. The van der Waals surface area contributed by atoms with E-state index in [9.17, 15) is 19.2 Å². The van der Waals surface area contributed by atoms with Gasteiger partial charge in [-0.3, -0.25) is 9.59 Å². The van der Waals surface area contributed by atoms with Gasteiger partial charge in [-0.1, -0.05) is 44.2 Å². The Morgan fingerprint density at radius 2 is 1.63 bits per heavy atom. The largest absolute Gasteiger partial charge is 0.453 e. The number of nitrogens with one attached hydrogen (secondary N) is 5. The maximum Gasteiger partial charge on any atom is 0.407 e.